The molecule has 4 aromatic rings. The zero-order chi connectivity index (χ0) is 31.1. The van der Waals surface area contributed by atoms with Gasteiger partial charge < -0.3 is 31.3 Å². The topological polar surface area (TPSA) is 206 Å². The smallest absolute Gasteiger partial charge is 0.352 e. The molecule has 0 radical (unpaired) electrons. The van der Waals surface area contributed by atoms with E-state index in [0.717, 1.165) is 27.1 Å². The van der Waals surface area contributed by atoms with Crippen LogP contribution >= 0.6 is 34.4 Å². The maximum atomic E-state index is 13.2. The number of nitrogen functional groups attached to an aromatic ring is 2. The molecule has 0 aliphatic carbocycles. The van der Waals surface area contributed by atoms with Crippen molar-refractivity contribution in [3.05, 3.63) is 75.0 Å². The van der Waals surface area contributed by atoms with Gasteiger partial charge in [0.25, 0.3) is 11.8 Å². The molecule has 226 valence electrons. The van der Waals surface area contributed by atoms with E-state index in [1.165, 1.54) is 35.1 Å². The molecule has 0 aromatic carbocycles. The molecular formula is C27H26N9O5S3+. The molecule has 2 aliphatic rings. The number of aromatic nitrogens is 3. The molecule has 6 heterocycles. The van der Waals surface area contributed by atoms with E-state index >= 15 is 0 Å². The van der Waals surface area contributed by atoms with Gasteiger partial charge in [0.15, 0.2) is 29.8 Å². The summed E-state index contributed by atoms with van der Waals surface area (Å²) in [7, 11) is 1.28. The number of nitrogens with zero attached hydrogens (tertiary/aromatic N) is 5. The van der Waals surface area contributed by atoms with Crippen LogP contribution in [0.3, 0.4) is 0 Å². The van der Waals surface area contributed by atoms with Crippen molar-refractivity contribution >= 4 is 79.8 Å². The molecule has 14 nitrogen and oxygen atoms in total. The molecule has 2 amide bonds. The van der Waals surface area contributed by atoms with Gasteiger partial charge in [-0.05, 0) is 12.1 Å². The highest BCUT2D eigenvalue weighted by Gasteiger charge is 2.54. The van der Waals surface area contributed by atoms with Crippen LogP contribution in [0, 0.1) is 5.41 Å². The van der Waals surface area contributed by atoms with Crippen molar-refractivity contribution in [2.45, 2.75) is 24.5 Å². The van der Waals surface area contributed by atoms with Crippen LogP contribution in [-0.2, 0) is 32.3 Å². The molecule has 1 saturated heterocycles. The molecular weight excluding hydrogens is 627 g/mol. The summed E-state index contributed by atoms with van der Waals surface area (Å²) in [5.41, 5.74) is 13.5. The number of rotatable bonds is 10. The number of pyridine rings is 1. The number of β-lactam (4-membered cyclic amide) rings is 1. The van der Waals surface area contributed by atoms with Gasteiger partial charge in [-0.15, -0.1) is 34.4 Å². The average molecular weight is 653 g/mol. The summed E-state index contributed by atoms with van der Waals surface area (Å²) in [6, 6.07) is 4.90. The highest BCUT2D eigenvalue weighted by molar-refractivity contribution is 8.00. The number of carboxylic acids is 1. The van der Waals surface area contributed by atoms with E-state index in [1.807, 2.05) is 46.7 Å². The van der Waals surface area contributed by atoms with Gasteiger partial charge in [-0.2, -0.15) is 4.57 Å². The summed E-state index contributed by atoms with van der Waals surface area (Å²) in [5.74, 6) is -2.06. The Labute approximate surface area is 262 Å². The fourth-order valence-corrected chi connectivity index (χ4v) is 7.87. The minimum atomic E-state index is -1.22. The highest BCUT2D eigenvalue weighted by Crippen LogP contribution is 2.40. The maximum Gasteiger partial charge on any atom is 0.352 e. The first-order valence-electron chi connectivity index (χ1n) is 13.1. The third kappa shape index (κ3) is 5.40. The predicted octanol–water partition coefficient (Wildman–Crippen LogP) is 1.15. The van der Waals surface area contributed by atoms with E-state index in [2.05, 4.69) is 20.0 Å². The normalized spacial score (nSPS) is 18.2. The third-order valence-corrected chi connectivity index (χ3v) is 10.1. The number of oxime groups is 1. The Kier molecular flexibility index (Phi) is 7.83. The van der Waals surface area contributed by atoms with Crippen LogP contribution in [0.4, 0.5) is 5.13 Å². The summed E-state index contributed by atoms with van der Waals surface area (Å²) in [6.07, 6.45) is 5.79. The molecule has 0 unspecified atom stereocenters. The van der Waals surface area contributed by atoms with Crippen molar-refractivity contribution in [1.29, 1.82) is 5.41 Å². The molecule has 0 saturated carbocycles. The summed E-state index contributed by atoms with van der Waals surface area (Å²) in [4.78, 5) is 49.8. The molecule has 2 aliphatic heterocycles. The molecule has 7 N–H and O–H groups in total. The fraction of sp³-hybridized carbons (Fsp3) is 0.222. The standard InChI is InChI=1S/C27H25N9O5S3/c1-41-33-19(17-12-44-27(30)31-17)23(37)32-20-24(38)36-21(26(39)40)15(11-43-25(20)36)7-34-4-2-13-3-5-35(18(13)9-34)8-16-6-14(10-42-16)22(28)29/h2-6,9-10,12,20,25H,7-8,11H2,1H3,(H6-,28,29,30,31,32,37,39,40)/p+1/b33-19-/t20-,25-/m1/s1. The molecule has 4 aromatic heterocycles. The van der Waals surface area contributed by atoms with Crippen LogP contribution in [0.5, 0.6) is 0 Å². The summed E-state index contributed by atoms with van der Waals surface area (Å²) in [6.45, 7) is 0.848. The monoisotopic (exact) mass is 652 g/mol. The van der Waals surface area contributed by atoms with Crippen LogP contribution in [0.1, 0.15) is 16.1 Å². The van der Waals surface area contributed by atoms with Crippen LogP contribution in [-0.4, -0.2) is 73.2 Å². The van der Waals surface area contributed by atoms with Gasteiger partial charge in [0.05, 0.1) is 6.54 Å². The predicted molar refractivity (Wildman–Crippen MR) is 166 cm³/mol. The number of thioether (sulfide) groups is 1. The zero-order valence-electron chi connectivity index (χ0n) is 23.1. The second-order valence-corrected chi connectivity index (χ2v) is 12.9. The lowest BCUT2D eigenvalue weighted by atomic mass is 10.0. The van der Waals surface area contributed by atoms with E-state index in [0.29, 0.717) is 23.4 Å². The maximum absolute atomic E-state index is 13.2. The zero-order valence-corrected chi connectivity index (χ0v) is 25.5. The average Bonchev–Trinajstić information content (AvgIpc) is 3.75. The number of aliphatic carboxylic acids is 1. The quantitative estimate of drug-likeness (QED) is 0.0547. The van der Waals surface area contributed by atoms with Crippen molar-refractivity contribution in [2.24, 2.45) is 10.9 Å². The molecule has 2 atom stereocenters. The molecule has 17 heteroatoms. The second-order valence-electron chi connectivity index (χ2n) is 9.93. The Balaban J connectivity index is 1.21. The lowest BCUT2D eigenvalue weighted by Gasteiger charge is -2.49. The number of carbonyl (C=O) groups excluding carboxylic acids is 2. The number of thiophene rings is 1. The minimum Gasteiger partial charge on any atom is -0.477 e. The second kappa shape index (κ2) is 11.7. The Morgan fingerprint density at radius 3 is 2.82 bits per heavy atom. The van der Waals surface area contributed by atoms with E-state index < -0.39 is 29.2 Å². The number of hydrogen-bond acceptors (Lipinski definition) is 11. The van der Waals surface area contributed by atoms with Crippen LogP contribution in [0.15, 0.2) is 64.0 Å². The van der Waals surface area contributed by atoms with E-state index in [4.69, 9.17) is 21.7 Å². The Morgan fingerprint density at radius 1 is 1.32 bits per heavy atom. The Hall–Kier alpha value is -4.74. The summed E-state index contributed by atoms with van der Waals surface area (Å²) < 4.78 is 3.97. The molecule has 0 bridgehead atoms. The SMILES string of the molecule is CO/N=C(\C(=O)N[C@@H]1C(=O)N2C(C(=O)O)=C(C[n+]3ccc4ccn(Cc5cc(C(=N)N)cs5)c4c3)CS[C@H]12)c1csc(N)n1. The van der Waals surface area contributed by atoms with Crippen molar-refractivity contribution in [3.8, 4) is 0 Å². The number of thiazole rings is 1. The van der Waals surface area contributed by atoms with Gasteiger partial charge in [-0.25, -0.2) is 9.78 Å². The van der Waals surface area contributed by atoms with Crippen LogP contribution < -0.4 is 21.4 Å². The first-order valence-corrected chi connectivity index (χ1v) is 15.9. The number of fused-ring (bicyclic) bond motifs is 2. The van der Waals surface area contributed by atoms with Gasteiger partial charge in [0.1, 0.15) is 41.3 Å². The van der Waals surface area contributed by atoms with Gasteiger partial charge in [-0.3, -0.25) is 19.9 Å². The van der Waals surface area contributed by atoms with Crippen LogP contribution in [0.2, 0.25) is 0 Å². The minimum absolute atomic E-state index is 0.0260. The van der Waals surface area contributed by atoms with Gasteiger partial charge >= 0.3 is 5.97 Å². The number of carboxylic acid groups (broad SMARTS) is 1. The number of anilines is 1. The molecule has 1 fully saturated rings. The highest BCUT2D eigenvalue weighted by atomic mass is 32.2. The Morgan fingerprint density at radius 2 is 2.14 bits per heavy atom. The third-order valence-electron chi connectivity index (χ3n) is 7.14. The van der Waals surface area contributed by atoms with Gasteiger partial charge in [0, 0.05) is 50.2 Å². The van der Waals surface area contributed by atoms with Gasteiger partial charge in [0.2, 0.25) is 0 Å². The van der Waals surface area contributed by atoms with Crippen molar-refractivity contribution in [1.82, 2.24) is 19.8 Å². The largest absolute Gasteiger partial charge is 0.477 e. The lowest BCUT2D eigenvalue weighted by molar-refractivity contribution is -0.687. The van der Waals surface area contributed by atoms with E-state index in [1.54, 1.807) is 5.38 Å². The van der Waals surface area contributed by atoms with Crippen molar-refractivity contribution in [2.75, 3.05) is 18.6 Å². The summed E-state index contributed by atoms with van der Waals surface area (Å²) in [5, 5.41) is 28.3. The molecule has 0 spiro atoms. The van der Waals surface area contributed by atoms with Crippen LogP contribution in [0.25, 0.3) is 10.9 Å². The number of amidine groups is 1. The lowest BCUT2D eigenvalue weighted by Crippen LogP contribution is -2.71. The molecule has 44 heavy (non-hydrogen) atoms. The first kappa shape index (κ1) is 29.3. The number of nitrogens with one attached hydrogen (secondary N) is 2. The van der Waals surface area contributed by atoms with Crippen molar-refractivity contribution < 1.29 is 28.9 Å². The molecule has 6 rings (SSSR count). The number of amides is 2. The van der Waals surface area contributed by atoms with E-state index in [9.17, 15) is 19.5 Å². The summed E-state index contributed by atoms with van der Waals surface area (Å²) >= 11 is 4.03. The Bertz CT molecular complexity index is 1890. The number of hydrogen-bond donors (Lipinski definition) is 5. The number of nitrogens with two attached hydrogens (primary N) is 2. The van der Waals surface area contributed by atoms with E-state index in [-0.39, 0.29) is 34.6 Å². The fourth-order valence-electron chi connectivity index (χ4n) is 5.10. The number of carbonyl (C=O) groups is 3. The first-order chi connectivity index (χ1) is 21.1. The van der Waals surface area contributed by atoms with Gasteiger partial charge in [-0.1, -0.05) is 5.16 Å². The van der Waals surface area contributed by atoms with Crippen molar-refractivity contribution in [3.63, 3.8) is 0 Å².